The lowest BCUT2D eigenvalue weighted by molar-refractivity contribution is -0.117. The first-order chi connectivity index (χ1) is 7.99. The minimum atomic E-state index is -0.0390. The van der Waals surface area contributed by atoms with Gasteiger partial charge in [-0.2, -0.15) is 0 Å². The van der Waals surface area contributed by atoms with Crippen LogP contribution in [-0.4, -0.2) is 16.7 Å². The van der Waals surface area contributed by atoms with Gasteiger partial charge in [-0.25, -0.2) is 0 Å². The topological polar surface area (TPSA) is 34.1 Å². The maximum Gasteiger partial charge on any atom is 0.186 e. The average molecular weight is 291 g/mol. The molecule has 92 valence electrons. The summed E-state index contributed by atoms with van der Waals surface area (Å²) in [5, 5.41) is 1.12. The van der Waals surface area contributed by atoms with Crippen molar-refractivity contribution in [1.29, 1.82) is 0 Å². The number of benzene rings is 1. The molecule has 1 aromatic carbocycles. The van der Waals surface area contributed by atoms with Crippen molar-refractivity contribution in [3.8, 4) is 0 Å². The van der Waals surface area contributed by atoms with Gasteiger partial charge in [0.2, 0.25) is 0 Å². The molecule has 0 fully saturated rings. The number of ketones is 1. The van der Waals surface area contributed by atoms with E-state index in [1.807, 2.05) is 6.07 Å². The Balaban J connectivity index is 2.44. The molecule has 0 aromatic heterocycles. The van der Waals surface area contributed by atoms with Crippen molar-refractivity contribution in [2.24, 2.45) is 0 Å². The third-order valence-electron chi connectivity index (χ3n) is 2.12. The van der Waals surface area contributed by atoms with Gasteiger partial charge < -0.3 is 0 Å². The van der Waals surface area contributed by atoms with Crippen LogP contribution in [0.5, 0.6) is 0 Å². The number of halogens is 2. The first kappa shape index (κ1) is 14.6. The maximum absolute atomic E-state index is 11.5. The lowest BCUT2D eigenvalue weighted by atomic mass is 10.1. The van der Waals surface area contributed by atoms with Gasteiger partial charge in [0.05, 0.1) is 5.75 Å². The van der Waals surface area contributed by atoms with Gasteiger partial charge in [-0.15, -0.1) is 0 Å². The summed E-state index contributed by atoms with van der Waals surface area (Å²) in [7, 11) is 0. The minimum absolute atomic E-state index is 0.0390. The van der Waals surface area contributed by atoms with Gasteiger partial charge in [0.1, 0.15) is 5.78 Å². The lowest BCUT2D eigenvalue weighted by Crippen LogP contribution is -2.05. The molecule has 0 radical (unpaired) electrons. The monoisotopic (exact) mass is 290 g/mol. The zero-order chi connectivity index (χ0) is 12.8. The predicted octanol–water partition coefficient (Wildman–Crippen LogP) is 3.77. The molecule has 0 unspecified atom stereocenters. The molecule has 0 N–H and O–H groups in total. The number of aryl methyl sites for hydroxylation is 1. The van der Waals surface area contributed by atoms with Crippen molar-refractivity contribution in [3.63, 3.8) is 0 Å². The van der Waals surface area contributed by atoms with Crippen LogP contribution >= 0.6 is 35.0 Å². The fraction of sp³-hybridized carbons (Fsp3) is 0.333. The third kappa shape index (κ3) is 5.57. The van der Waals surface area contributed by atoms with Crippen molar-refractivity contribution in [3.05, 3.63) is 33.8 Å². The molecule has 0 saturated heterocycles. The minimum Gasteiger partial charge on any atom is -0.299 e. The van der Waals surface area contributed by atoms with E-state index in [1.165, 1.54) is 6.92 Å². The second-order valence-corrected chi connectivity index (χ2v) is 5.55. The van der Waals surface area contributed by atoms with Gasteiger partial charge in [0.25, 0.3) is 0 Å². The maximum atomic E-state index is 11.5. The van der Waals surface area contributed by atoms with E-state index in [0.717, 1.165) is 17.3 Å². The number of rotatable bonds is 5. The number of thioether (sulfide) groups is 1. The Morgan fingerprint density at radius 1 is 1.29 bits per heavy atom. The van der Waals surface area contributed by atoms with Crippen LogP contribution in [0.2, 0.25) is 10.0 Å². The van der Waals surface area contributed by atoms with Crippen molar-refractivity contribution in [1.82, 2.24) is 0 Å². The molecule has 0 bridgehead atoms. The second-order valence-electron chi connectivity index (χ2n) is 3.55. The molecule has 0 aliphatic carbocycles. The molecule has 0 atom stereocenters. The summed E-state index contributed by atoms with van der Waals surface area (Å²) in [6.45, 7) is 1.45. The highest BCUT2D eigenvalue weighted by molar-refractivity contribution is 8.14. The number of carbonyl (C=O) groups excluding carboxylic acids is 2. The third-order valence-corrected chi connectivity index (χ3v) is 3.58. The highest BCUT2D eigenvalue weighted by Crippen LogP contribution is 2.22. The van der Waals surface area contributed by atoms with Crippen LogP contribution < -0.4 is 0 Å². The Hall–Kier alpha value is -0.510. The Bertz CT molecular complexity index is 433. The van der Waals surface area contributed by atoms with Crippen molar-refractivity contribution >= 4 is 45.9 Å². The molecule has 0 amide bonds. The number of carbonyl (C=O) groups is 2. The van der Waals surface area contributed by atoms with Crippen LogP contribution in [0.25, 0.3) is 0 Å². The fourth-order valence-electron chi connectivity index (χ4n) is 1.25. The molecule has 5 heteroatoms. The molecular formula is C12H12Cl2O2S. The van der Waals surface area contributed by atoms with Gasteiger partial charge in [-0.3, -0.25) is 9.59 Å². The summed E-state index contributed by atoms with van der Waals surface area (Å²) >= 11 is 12.8. The SMILES string of the molecule is CC(=O)SCC(=O)CCc1ccc(Cl)cc1Cl. The van der Waals surface area contributed by atoms with Gasteiger partial charge in [0, 0.05) is 23.4 Å². The smallest absolute Gasteiger partial charge is 0.186 e. The normalized spacial score (nSPS) is 10.3. The highest BCUT2D eigenvalue weighted by Gasteiger charge is 2.07. The van der Waals surface area contributed by atoms with E-state index in [1.54, 1.807) is 12.1 Å². The summed E-state index contributed by atoms with van der Waals surface area (Å²) in [6.07, 6.45) is 0.967. The molecular weight excluding hydrogens is 279 g/mol. The first-order valence-electron chi connectivity index (χ1n) is 5.08. The van der Waals surface area contributed by atoms with Crippen LogP contribution in [0.1, 0.15) is 18.9 Å². The molecule has 0 saturated carbocycles. The number of hydrogen-bond acceptors (Lipinski definition) is 3. The van der Waals surface area contributed by atoms with Crippen LogP contribution in [0.15, 0.2) is 18.2 Å². The van der Waals surface area contributed by atoms with Crippen LogP contribution in [-0.2, 0) is 16.0 Å². The number of Topliss-reactive ketones (excluding diaryl/α,β-unsaturated/α-hetero) is 1. The van der Waals surface area contributed by atoms with E-state index in [2.05, 4.69) is 0 Å². The van der Waals surface area contributed by atoms with Crippen LogP contribution in [0, 0.1) is 0 Å². The summed E-state index contributed by atoms with van der Waals surface area (Å²) in [4.78, 5) is 22.1. The highest BCUT2D eigenvalue weighted by atomic mass is 35.5. The Kier molecular flexibility index (Phi) is 6.03. The molecule has 0 aliphatic rings. The van der Waals surface area contributed by atoms with E-state index in [9.17, 15) is 9.59 Å². The second kappa shape index (κ2) is 7.04. The molecule has 1 aromatic rings. The van der Waals surface area contributed by atoms with Gasteiger partial charge in [0.15, 0.2) is 5.12 Å². The van der Waals surface area contributed by atoms with Crippen LogP contribution in [0.3, 0.4) is 0 Å². The molecule has 0 heterocycles. The molecule has 0 spiro atoms. The lowest BCUT2D eigenvalue weighted by Gasteiger charge is -2.04. The van der Waals surface area contributed by atoms with E-state index in [4.69, 9.17) is 23.2 Å². The average Bonchev–Trinajstić information content (AvgIpc) is 2.25. The quantitative estimate of drug-likeness (QED) is 0.828. The zero-order valence-electron chi connectivity index (χ0n) is 9.33. The Morgan fingerprint density at radius 3 is 2.59 bits per heavy atom. The van der Waals surface area contributed by atoms with E-state index < -0.39 is 0 Å². The molecule has 17 heavy (non-hydrogen) atoms. The summed E-state index contributed by atoms with van der Waals surface area (Å²) in [5.41, 5.74) is 0.900. The van der Waals surface area contributed by atoms with Gasteiger partial charge in [-0.05, 0) is 24.1 Å². The summed E-state index contributed by atoms with van der Waals surface area (Å²) in [5.74, 6) is 0.289. The Labute approximate surface area is 115 Å². The largest absolute Gasteiger partial charge is 0.299 e. The van der Waals surface area contributed by atoms with Crippen molar-refractivity contribution < 1.29 is 9.59 Å². The molecule has 2 nitrogen and oxygen atoms in total. The molecule has 1 rings (SSSR count). The summed E-state index contributed by atoms with van der Waals surface area (Å²) in [6, 6.07) is 5.22. The first-order valence-corrected chi connectivity index (χ1v) is 6.82. The Morgan fingerprint density at radius 2 is 2.00 bits per heavy atom. The zero-order valence-corrected chi connectivity index (χ0v) is 11.7. The van der Waals surface area contributed by atoms with E-state index in [-0.39, 0.29) is 16.7 Å². The van der Waals surface area contributed by atoms with Gasteiger partial charge in [-0.1, -0.05) is 41.0 Å². The standard InChI is InChI=1S/C12H12Cl2O2S/c1-8(15)17-7-11(16)5-3-9-2-4-10(13)6-12(9)14/h2,4,6H,3,5,7H2,1H3. The van der Waals surface area contributed by atoms with Gasteiger partial charge >= 0.3 is 0 Å². The van der Waals surface area contributed by atoms with Crippen LogP contribution in [0.4, 0.5) is 0 Å². The fourth-order valence-corrected chi connectivity index (χ4v) is 2.26. The molecule has 0 aliphatic heterocycles. The van der Waals surface area contributed by atoms with Crippen molar-refractivity contribution in [2.75, 3.05) is 5.75 Å². The van der Waals surface area contributed by atoms with E-state index >= 15 is 0 Å². The number of hydrogen-bond donors (Lipinski definition) is 0. The van der Waals surface area contributed by atoms with E-state index in [0.29, 0.717) is 22.9 Å². The summed E-state index contributed by atoms with van der Waals surface area (Å²) < 4.78 is 0. The predicted molar refractivity (Wildman–Crippen MR) is 72.9 cm³/mol. The van der Waals surface area contributed by atoms with Crippen molar-refractivity contribution in [2.45, 2.75) is 19.8 Å².